The predicted molar refractivity (Wildman–Crippen MR) is 201 cm³/mol. The Balaban J connectivity index is 0.000000631. The van der Waals surface area contributed by atoms with Crippen LogP contribution in [0.5, 0.6) is 0 Å². The number of methoxy groups -OCH3 is 1. The molecule has 1 aromatic heterocycles. The zero-order chi connectivity index (χ0) is 37.5. The molecule has 2 unspecified atom stereocenters. The maximum absolute atomic E-state index is 12.7. The lowest BCUT2D eigenvalue weighted by Crippen LogP contribution is -2.34. The van der Waals surface area contributed by atoms with Gasteiger partial charge in [-0.3, -0.25) is 4.79 Å². The van der Waals surface area contributed by atoms with Crippen molar-refractivity contribution in [2.45, 2.75) is 127 Å². The molecule has 0 radical (unpaired) electrons. The predicted octanol–water partition coefficient (Wildman–Crippen LogP) is 8.74. The maximum Gasteiger partial charge on any atom is 0.333 e. The molecule has 0 aliphatic heterocycles. The molecular weight excluding hydrogens is 665 g/mol. The van der Waals surface area contributed by atoms with Gasteiger partial charge in [-0.05, 0) is 62.3 Å². The van der Waals surface area contributed by atoms with E-state index in [1.54, 1.807) is 13.0 Å². The molecule has 0 saturated carbocycles. The van der Waals surface area contributed by atoms with Crippen molar-refractivity contribution in [2.24, 2.45) is 0 Å². The van der Waals surface area contributed by atoms with Crippen molar-refractivity contribution in [3.8, 4) is 0 Å². The van der Waals surface area contributed by atoms with Gasteiger partial charge in [0.1, 0.15) is 41.2 Å². The number of imidazole rings is 1. The zero-order valence-electron chi connectivity index (χ0n) is 30.8. The third-order valence-electron chi connectivity index (χ3n) is 8.69. The summed E-state index contributed by atoms with van der Waals surface area (Å²) in [4.78, 5) is 23.8. The first kappa shape index (κ1) is 43.1. The van der Waals surface area contributed by atoms with E-state index in [4.69, 9.17) is 9.47 Å². The molecule has 0 bridgehead atoms. The van der Waals surface area contributed by atoms with Gasteiger partial charge in [0.15, 0.2) is 0 Å². The average molecular weight is 723 g/mol. The Labute approximate surface area is 306 Å². The number of carbonyl (C=O) groups is 2. The minimum atomic E-state index is -4.31. The smallest absolute Gasteiger partial charge is 0.333 e. The van der Waals surface area contributed by atoms with E-state index in [2.05, 4.69) is 72.2 Å². The van der Waals surface area contributed by atoms with Crippen LogP contribution in [-0.4, -0.2) is 42.7 Å². The Bertz CT molecular complexity index is 1570. The lowest BCUT2D eigenvalue weighted by atomic mass is 9.97. The second-order valence-corrected chi connectivity index (χ2v) is 14.4. The van der Waals surface area contributed by atoms with Crippen molar-refractivity contribution in [3.63, 3.8) is 0 Å². The Morgan fingerprint density at radius 3 is 2.10 bits per heavy atom. The molecule has 0 fully saturated rings. The van der Waals surface area contributed by atoms with Gasteiger partial charge in [0.25, 0.3) is 0 Å². The highest BCUT2D eigenvalue weighted by Crippen LogP contribution is 2.27. The molecule has 0 aliphatic rings. The summed E-state index contributed by atoms with van der Waals surface area (Å²) in [6, 6.07) is 16.1. The lowest BCUT2D eigenvalue weighted by Gasteiger charge is -2.25. The van der Waals surface area contributed by atoms with Crippen LogP contribution in [0, 0.1) is 0 Å². The van der Waals surface area contributed by atoms with Crippen LogP contribution in [0.15, 0.2) is 96.9 Å². The number of benzene rings is 2. The van der Waals surface area contributed by atoms with Gasteiger partial charge < -0.3 is 14.0 Å². The van der Waals surface area contributed by atoms with E-state index >= 15 is 0 Å². The molecule has 9 nitrogen and oxygen atoms in total. The topological polar surface area (TPSA) is 119 Å². The maximum atomic E-state index is 12.7. The number of ether oxygens (including phenoxy) is 2. The Morgan fingerprint density at radius 1 is 0.902 bits per heavy atom. The molecule has 280 valence electrons. The van der Waals surface area contributed by atoms with E-state index in [-0.39, 0.29) is 29.0 Å². The van der Waals surface area contributed by atoms with Crippen LogP contribution < -0.4 is 4.57 Å². The summed E-state index contributed by atoms with van der Waals surface area (Å²) in [6.07, 6.45) is 22.3. The fourth-order valence-electron chi connectivity index (χ4n) is 5.74. The lowest BCUT2D eigenvalue weighted by molar-refractivity contribution is -0.688. The normalized spacial score (nSPS) is 12.2. The quantitative estimate of drug-likeness (QED) is 0.0316. The summed E-state index contributed by atoms with van der Waals surface area (Å²) < 4.78 is 46.6. The van der Waals surface area contributed by atoms with E-state index < -0.39 is 10.1 Å². The highest BCUT2D eigenvalue weighted by Gasteiger charge is 2.30. The number of aromatic nitrogens is 2. The standard InChI is InChI=1S/C33H51N2O4.C8H8O3S/c1-5-6-7-8-11-17-22-31(39-33(37)28(2)3)30(21-16-10-9-12-18-23-32(36)38-4)35-25-24-34(27-35)26-29-19-14-13-15-20-29;1-2-7-3-5-8(6-4-7)12(9,10)11/h13-15,19-20,24-25,27,30-31H,2,5-12,16-18,21-23,26H2,1,3-4H3;2-6H,1H2,(H,9,10,11)/q+1;/p-1. The molecule has 51 heavy (non-hydrogen) atoms. The summed E-state index contributed by atoms with van der Waals surface area (Å²) in [5.74, 6) is -0.438. The van der Waals surface area contributed by atoms with Gasteiger partial charge >= 0.3 is 11.9 Å². The van der Waals surface area contributed by atoms with Crippen molar-refractivity contribution in [3.05, 3.63) is 103 Å². The average Bonchev–Trinajstić information content (AvgIpc) is 3.58. The number of unbranched alkanes of at least 4 members (excludes halogenated alkanes) is 9. The van der Waals surface area contributed by atoms with Crippen LogP contribution in [0.4, 0.5) is 0 Å². The van der Waals surface area contributed by atoms with Crippen LogP contribution in [-0.2, 0) is 35.7 Å². The summed E-state index contributed by atoms with van der Waals surface area (Å²) in [6.45, 7) is 12.1. The number of hydrogen-bond acceptors (Lipinski definition) is 7. The highest BCUT2D eigenvalue weighted by molar-refractivity contribution is 7.85. The van der Waals surface area contributed by atoms with Gasteiger partial charge in [-0.2, -0.15) is 0 Å². The fraction of sp³-hybridized carbons (Fsp3) is 0.488. The van der Waals surface area contributed by atoms with Gasteiger partial charge in [-0.25, -0.2) is 22.3 Å². The molecular formula is C41H58N2O7S. The third kappa shape index (κ3) is 17.7. The summed E-state index contributed by atoms with van der Waals surface area (Å²) >= 11 is 0. The molecule has 0 N–H and O–H groups in total. The van der Waals surface area contributed by atoms with E-state index in [9.17, 15) is 22.6 Å². The van der Waals surface area contributed by atoms with Crippen LogP contribution in [0.25, 0.3) is 6.08 Å². The van der Waals surface area contributed by atoms with E-state index in [1.165, 1.54) is 62.6 Å². The molecule has 0 aliphatic carbocycles. The third-order valence-corrected chi connectivity index (χ3v) is 9.54. The minimum absolute atomic E-state index is 0.0658. The van der Waals surface area contributed by atoms with Crippen LogP contribution in [0.1, 0.15) is 121 Å². The second kappa shape index (κ2) is 24.2. The van der Waals surface area contributed by atoms with Gasteiger partial charge in [-0.1, -0.05) is 120 Å². The van der Waals surface area contributed by atoms with Gasteiger partial charge in [-0.15, -0.1) is 0 Å². The van der Waals surface area contributed by atoms with Crippen LogP contribution in [0.3, 0.4) is 0 Å². The largest absolute Gasteiger partial charge is 0.744 e. The molecule has 1 heterocycles. The molecule has 0 saturated heterocycles. The van der Waals surface area contributed by atoms with Crippen LogP contribution >= 0.6 is 0 Å². The fourth-order valence-corrected chi connectivity index (χ4v) is 6.21. The highest BCUT2D eigenvalue weighted by atomic mass is 32.2. The van der Waals surface area contributed by atoms with Crippen molar-refractivity contribution >= 4 is 28.1 Å². The molecule has 2 atom stereocenters. The molecule has 10 heteroatoms. The minimum Gasteiger partial charge on any atom is -0.744 e. The summed E-state index contributed by atoms with van der Waals surface area (Å²) in [7, 11) is -2.87. The van der Waals surface area contributed by atoms with Gasteiger partial charge in [0, 0.05) is 12.0 Å². The Hall–Kier alpha value is -4.02. The monoisotopic (exact) mass is 722 g/mol. The first-order valence-electron chi connectivity index (χ1n) is 18.2. The summed E-state index contributed by atoms with van der Waals surface area (Å²) in [5, 5.41) is 0. The number of esters is 2. The van der Waals surface area contributed by atoms with E-state index in [0.29, 0.717) is 12.0 Å². The molecule has 0 amide bonds. The van der Waals surface area contributed by atoms with E-state index in [0.717, 1.165) is 69.9 Å². The molecule has 3 aromatic rings. The van der Waals surface area contributed by atoms with Gasteiger partial charge in [0.2, 0.25) is 6.33 Å². The molecule has 3 rings (SSSR count). The van der Waals surface area contributed by atoms with Crippen molar-refractivity contribution < 1.29 is 36.6 Å². The number of carbonyl (C=O) groups excluding carboxylic acids is 2. The Kier molecular flexibility index (Phi) is 20.5. The number of nitrogens with zero attached hydrogens (tertiary/aromatic N) is 2. The zero-order valence-corrected chi connectivity index (χ0v) is 31.7. The van der Waals surface area contributed by atoms with Crippen LogP contribution in [0.2, 0.25) is 0 Å². The second-order valence-electron chi connectivity index (χ2n) is 13.0. The van der Waals surface area contributed by atoms with Gasteiger partial charge in [0.05, 0.1) is 12.0 Å². The number of hydrogen-bond donors (Lipinski definition) is 0. The first-order chi connectivity index (χ1) is 24.5. The molecule has 0 spiro atoms. The van der Waals surface area contributed by atoms with Crippen molar-refractivity contribution in [2.75, 3.05) is 7.11 Å². The first-order valence-corrected chi connectivity index (χ1v) is 19.6. The SMILES string of the molecule is C=C(C)C(=O)OC(CCCCCCCC)C(CCCCCCCC(=O)OC)n1cc[n+](Cc2ccccc2)c1.C=Cc1ccc(S(=O)(=O)[O-])cc1. The Morgan fingerprint density at radius 2 is 1.51 bits per heavy atom. The van der Waals surface area contributed by atoms with Crippen molar-refractivity contribution in [1.29, 1.82) is 0 Å². The molecule has 2 aromatic carbocycles. The van der Waals surface area contributed by atoms with E-state index in [1.807, 2.05) is 6.07 Å². The summed E-state index contributed by atoms with van der Waals surface area (Å²) in [5.41, 5.74) is 2.47. The number of rotatable bonds is 23. The van der Waals surface area contributed by atoms with Crippen molar-refractivity contribution in [1.82, 2.24) is 4.57 Å².